The van der Waals surface area contributed by atoms with Gasteiger partial charge in [0.25, 0.3) is 0 Å². The zero-order chi connectivity index (χ0) is 9.26. The Kier molecular flexibility index (Phi) is 1.85. The van der Waals surface area contributed by atoms with Crippen molar-refractivity contribution in [1.82, 2.24) is 24.6 Å². The molecule has 0 bridgehead atoms. The van der Waals surface area contributed by atoms with Crippen molar-refractivity contribution in [1.29, 1.82) is 0 Å². The van der Waals surface area contributed by atoms with Crippen molar-refractivity contribution < 1.29 is 4.79 Å². The Labute approximate surface area is 77.4 Å². The van der Waals surface area contributed by atoms with Gasteiger partial charge in [-0.15, -0.1) is 10.2 Å². The molecular weight excluding hydrogens is 190 g/mol. The SMILES string of the molecule is Cn1cc(C(=O)c2cnns2)nn1. The van der Waals surface area contributed by atoms with Gasteiger partial charge in [0.2, 0.25) is 5.78 Å². The van der Waals surface area contributed by atoms with Gasteiger partial charge in [-0.25, -0.2) is 0 Å². The van der Waals surface area contributed by atoms with Crippen molar-refractivity contribution in [3.63, 3.8) is 0 Å². The molecule has 0 N–H and O–H groups in total. The fraction of sp³-hybridized carbons (Fsp3) is 0.167. The first-order chi connectivity index (χ1) is 6.27. The molecule has 0 aliphatic heterocycles. The molecule has 0 aromatic carbocycles. The lowest BCUT2D eigenvalue weighted by molar-refractivity contribution is 0.103. The van der Waals surface area contributed by atoms with Crippen molar-refractivity contribution in [3.8, 4) is 0 Å². The van der Waals surface area contributed by atoms with Gasteiger partial charge >= 0.3 is 0 Å². The van der Waals surface area contributed by atoms with Crippen LogP contribution in [0.5, 0.6) is 0 Å². The molecule has 0 fully saturated rings. The van der Waals surface area contributed by atoms with Crippen LogP contribution in [-0.4, -0.2) is 30.4 Å². The van der Waals surface area contributed by atoms with Gasteiger partial charge in [-0.05, 0) is 11.5 Å². The van der Waals surface area contributed by atoms with Crippen molar-refractivity contribution in [2.45, 2.75) is 0 Å². The third kappa shape index (κ3) is 1.45. The average Bonchev–Trinajstić information content (AvgIpc) is 2.72. The molecule has 0 aliphatic rings. The summed E-state index contributed by atoms with van der Waals surface area (Å²) in [4.78, 5) is 12.0. The molecule has 66 valence electrons. The Morgan fingerprint density at radius 2 is 2.46 bits per heavy atom. The molecule has 0 spiro atoms. The van der Waals surface area contributed by atoms with E-state index in [4.69, 9.17) is 0 Å². The fourth-order valence-corrected chi connectivity index (χ4v) is 1.31. The summed E-state index contributed by atoms with van der Waals surface area (Å²) in [6, 6.07) is 0. The van der Waals surface area contributed by atoms with Gasteiger partial charge in [0, 0.05) is 7.05 Å². The van der Waals surface area contributed by atoms with E-state index in [9.17, 15) is 4.79 Å². The van der Waals surface area contributed by atoms with Crippen molar-refractivity contribution in [2.24, 2.45) is 7.05 Å². The molecule has 0 saturated carbocycles. The molecule has 7 heteroatoms. The van der Waals surface area contributed by atoms with E-state index in [2.05, 4.69) is 19.9 Å². The maximum Gasteiger partial charge on any atom is 0.228 e. The summed E-state index contributed by atoms with van der Waals surface area (Å²) in [6.45, 7) is 0. The van der Waals surface area contributed by atoms with E-state index >= 15 is 0 Å². The number of carbonyl (C=O) groups excluding carboxylic acids is 1. The number of nitrogens with zero attached hydrogens (tertiary/aromatic N) is 5. The molecule has 2 aromatic rings. The summed E-state index contributed by atoms with van der Waals surface area (Å²) in [6.07, 6.45) is 2.98. The minimum absolute atomic E-state index is 0.192. The highest BCUT2D eigenvalue weighted by Crippen LogP contribution is 2.08. The van der Waals surface area contributed by atoms with Crippen molar-refractivity contribution in [2.75, 3.05) is 0 Å². The molecule has 2 aromatic heterocycles. The first kappa shape index (κ1) is 7.99. The summed E-state index contributed by atoms with van der Waals surface area (Å²) in [7, 11) is 1.70. The second-order valence-electron chi connectivity index (χ2n) is 2.39. The van der Waals surface area contributed by atoms with E-state index in [-0.39, 0.29) is 5.78 Å². The van der Waals surface area contributed by atoms with Gasteiger partial charge in [0.1, 0.15) is 4.88 Å². The Hall–Kier alpha value is -1.63. The molecule has 0 amide bonds. The monoisotopic (exact) mass is 195 g/mol. The van der Waals surface area contributed by atoms with Gasteiger partial charge in [0.15, 0.2) is 5.69 Å². The van der Waals surface area contributed by atoms with Gasteiger partial charge in [-0.2, -0.15) is 0 Å². The zero-order valence-electron chi connectivity index (χ0n) is 6.71. The molecule has 0 aliphatic carbocycles. The molecule has 0 atom stereocenters. The lowest BCUT2D eigenvalue weighted by atomic mass is 10.3. The molecule has 2 rings (SSSR count). The van der Waals surface area contributed by atoms with Crippen LogP contribution in [0.1, 0.15) is 15.4 Å². The minimum atomic E-state index is -0.192. The highest BCUT2D eigenvalue weighted by atomic mass is 32.1. The molecule has 0 radical (unpaired) electrons. The average molecular weight is 195 g/mol. The van der Waals surface area contributed by atoms with Crippen LogP contribution in [0.25, 0.3) is 0 Å². The summed E-state index contributed by atoms with van der Waals surface area (Å²) in [5, 5.41) is 10.9. The zero-order valence-corrected chi connectivity index (χ0v) is 7.52. The van der Waals surface area contributed by atoms with Crippen LogP contribution in [0.4, 0.5) is 0 Å². The highest BCUT2D eigenvalue weighted by molar-refractivity contribution is 7.08. The van der Waals surface area contributed by atoms with Gasteiger partial charge in [-0.1, -0.05) is 9.70 Å². The van der Waals surface area contributed by atoms with E-state index in [1.807, 2.05) is 0 Å². The topological polar surface area (TPSA) is 73.6 Å². The van der Waals surface area contributed by atoms with E-state index in [0.717, 1.165) is 11.5 Å². The van der Waals surface area contributed by atoms with E-state index in [1.165, 1.54) is 10.9 Å². The second kappa shape index (κ2) is 3.02. The third-order valence-corrected chi connectivity index (χ3v) is 2.08. The molecule has 13 heavy (non-hydrogen) atoms. The Balaban J connectivity index is 2.33. The van der Waals surface area contributed by atoms with Crippen LogP contribution in [-0.2, 0) is 7.05 Å². The Morgan fingerprint density at radius 3 is 3.00 bits per heavy atom. The first-order valence-electron chi connectivity index (χ1n) is 3.46. The highest BCUT2D eigenvalue weighted by Gasteiger charge is 2.14. The van der Waals surface area contributed by atoms with Gasteiger partial charge in [0.05, 0.1) is 12.4 Å². The number of hydrogen-bond acceptors (Lipinski definition) is 6. The van der Waals surface area contributed by atoms with Crippen LogP contribution < -0.4 is 0 Å². The summed E-state index contributed by atoms with van der Waals surface area (Å²) >= 11 is 1.05. The largest absolute Gasteiger partial charge is 0.286 e. The summed E-state index contributed by atoms with van der Waals surface area (Å²) in [5.41, 5.74) is 0.313. The molecule has 0 saturated heterocycles. The molecular formula is C6H5N5OS. The second-order valence-corrected chi connectivity index (χ2v) is 3.17. The van der Waals surface area contributed by atoms with E-state index in [1.54, 1.807) is 13.2 Å². The number of carbonyl (C=O) groups is 1. The number of hydrogen-bond donors (Lipinski definition) is 0. The van der Waals surface area contributed by atoms with E-state index in [0.29, 0.717) is 10.6 Å². The summed E-state index contributed by atoms with van der Waals surface area (Å²) in [5.74, 6) is -0.192. The number of aromatic nitrogens is 5. The van der Waals surface area contributed by atoms with Gasteiger partial charge < -0.3 is 0 Å². The number of aryl methyl sites for hydroxylation is 1. The standard InChI is InChI=1S/C6H5N5OS/c1-11-3-4(8-9-11)6(12)5-2-7-10-13-5/h2-3H,1H3. The maximum absolute atomic E-state index is 11.5. The van der Waals surface area contributed by atoms with Crippen molar-refractivity contribution in [3.05, 3.63) is 23.0 Å². The van der Waals surface area contributed by atoms with Crippen LogP contribution >= 0.6 is 11.5 Å². The maximum atomic E-state index is 11.5. The minimum Gasteiger partial charge on any atom is -0.286 e. The van der Waals surface area contributed by atoms with Crippen LogP contribution in [0.15, 0.2) is 12.4 Å². The smallest absolute Gasteiger partial charge is 0.228 e. The molecule has 2 heterocycles. The quantitative estimate of drug-likeness (QED) is 0.625. The number of rotatable bonds is 2. The normalized spacial score (nSPS) is 10.2. The lowest BCUT2D eigenvalue weighted by Gasteiger charge is -1.86. The van der Waals surface area contributed by atoms with Crippen molar-refractivity contribution >= 4 is 17.3 Å². The van der Waals surface area contributed by atoms with Crippen LogP contribution in [0.2, 0.25) is 0 Å². The fourth-order valence-electron chi connectivity index (χ4n) is 0.845. The Morgan fingerprint density at radius 1 is 1.62 bits per heavy atom. The van der Waals surface area contributed by atoms with Crippen LogP contribution in [0, 0.1) is 0 Å². The predicted molar refractivity (Wildman–Crippen MR) is 44.3 cm³/mol. The summed E-state index contributed by atoms with van der Waals surface area (Å²) < 4.78 is 5.07. The Bertz CT molecular complexity index is 420. The third-order valence-electron chi connectivity index (χ3n) is 1.42. The molecule has 6 nitrogen and oxygen atoms in total. The predicted octanol–water partition coefficient (Wildman–Crippen LogP) is -0.102. The van der Waals surface area contributed by atoms with Gasteiger partial charge in [-0.3, -0.25) is 9.48 Å². The number of ketones is 1. The first-order valence-corrected chi connectivity index (χ1v) is 4.23. The van der Waals surface area contributed by atoms with E-state index < -0.39 is 0 Å². The van der Waals surface area contributed by atoms with Crippen LogP contribution in [0.3, 0.4) is 0 Å². The lowest BCUT2D eigenvalue weighted by Crippen LogP contribution is -1.98. The molecule has 0 unspecified atom stereocenters.